The molecule has 0 aliphatic heterocycles. The lowest BCUT2D eigenvalue weighted by Gasteiger charge is -2.12. The van der Waals surface area contributed by atoms with Crippen LogP contribution in [0.25, 0.3) is 0 Å². The van der Waals surface area contributed by atoms with E-state index in [1.54, 1.807) is 0 Å². The first-order valence-corrected chi connectivity index (χ1v) is 4.67. The van der Waals surface area contributed by atoms with Gasteiger partial charge in [0.1, 0.15) is 0 Å². The molecule has 0 amide bonds. The zero-order valence-corrected chi connectivity index (χ0v) is 9.37. The maximum atomic E-state index is 13.2. The molecule has 1 aromatic carbocycles. The molecule has 92 valence electrons. The highest BCUT2D eigenvalue weighted by molar-refractivity contribution is 5.85. The van der Waals surface area contributed by atoms with Gasteiger partial charge in [-0.3, -0.25) is 0 Å². The summed E-state index contributed by atoms with van der Waals surface area (Å²) in [5, 5.41) is 0. The van der Waals surface area contributed by atoms with E-state index in [1.807, 2.05) is 0 Å². The molecular formula is C10H14ClF3N2. The Morgan fingerprint density at radius 3 is 2.31 bits per heavy atom. The molecule has 6 heteroatoms. The van der Waals surface area contributed by atoms with Gasteiger partial charge in [0.15, 0.2) is 17.5 Å². The fourth-order valence-electron chi connectivity index (χ4n) is 1.32. The van der Waals surface area contributed by atoms with Gasteiger partial charge in [0.05, 0.1) is 0 Å². The Labute approximate surface area is 98.2 Å². The zero-order valence-electron chi connectivity index (χ0n) is 8.55. The molecule has 1 atom stereocenters. The molecule has 0 aliphatic rings. The van der Waals surface area contributed by atoms with Gasteiger partial charge in [-0.15, -0.1) is 12.4 Å². The minimum absolute atomic E-state index is 0. The van der Waals surface area contributed by atoms with E-state index in [9.17, 15) is 13.2 Å². The molecule has 0 saturated heterocycles. The number of halogens is 4. The van der Waals surface area contributed by atoms with Crippen LogP contribution in [0.5, 0.6) is 0 Å². The van der Waals surface area contributed by atoms with Crippen molar-refractivity contribution in [2.45, 2.75) is 18.9 Å². The summed E-state index contributed by atoms with van der Waals surface area (Å²) in [4.78, 5) is 0. The molecule has 2 nitrogen and oxygen atoms in total. The predicted octanol–water partition coefficient (Wildman–Crippen LogP) is 2.26. The summed E-state index contributed by atoms with van der Waals surface area (Å²) in [6, 6.07) is 1.38. The van der Waals surface area contributed by atoms with Crippen molar-refractivity contribution in [3.05, 3.63) is 35.1 Å². The van der Waals surface area contributed by atoms with Crippen LogP contribution in [0.2, 0.25) is 0 Å². The Bertz CT molecular complexity index is 347. The first-order chi connectivity index (χ1) is 7.07. The third kappa shape index (κ3) is 3.37. The van der Waals surface area contributed by atoms with E-state index in [-0.39, 0.29) is 18.0 Å². The molecule has 0 aliphatic carbocycles. The lowest BCUT2D eigenvalue weighted by atomic mass is 10.0. The highest BCUT2D eigenvalue weighted by Gasteiger charge is 2.17. The van der Waals surface area contributed by atoms with Gasteiger partial charge in [-0.1, -0.05) is 6.07 Å². The topological polar surface area (TPSA) is 52.0 Å². The first kappa shape index (κ1) is 15.2. The van der Waals surface area contributed by atoms with Gasteiger partial charge in [-0.2, -0.15) is 0 Å². The molecule has 0 fully saturated rings. The largest absolute Gasteiger partial charge is 0.330 e. The van der Waals surface area contributed by atoms with Crippen molar-refractivity contribution < 1.29 is 13.2 Å². The highest BCUT2D eigenvalue weighted by Crippen LogP contribution is 2.22. The molecule has 1 aromatic rings. The maximum Gasteiger partial charge on any atom is 0.194 e. The van der Waals surface area contributed by atoms with Crippen LogP contribution in [0.15, 0.2) is 12.1 Å². The van der Waals surface area contributed by atoms with Crippen LogP contribution < -0.4 is 11.5 Å². The fraction of sp³-hybridized carbons (Fsp3) is 0.400. The van der Waals surface area contributed by atoms with Crippen LogP contribution >= 0.6 is 12.4 Å². The summed E-state index contributed by atoms with van der Waals surface area (Å²) in [5.74, 6) is -3.89. The summed E-state index contributed by atoms with van der Waals surface area (Å²) in [5.41, 5.74) is 10.9. The first-order valence-electron chi connectivity index (χ1n) is 4.67. The van der Waals surface area contributed by atoms with Crippen molar-refractivity contribution in [3.63, 3.8) is 0 Å². The van der Waals surface area contributed by atoms with E-state index in [0.717, 1.165) is 12.1 Å². The monoisotopic (exact) mass is 254 g/mol. The molecule has 0 heterocycles. The lowest BCUT2D eigenvalue weighted by molar-refractivity contribution is 0.432. The maximum absolute atomic E-state index is 13.2. The highest BCUT2D eigenvalue weighted by atomic mass is 35.5. The molecular weight excluding hydrogens is 241 g/mol. The lowest BCUT2D eigenvalue weighted by Crippen LogP contribution is -2.15. The zero-order chi connectivity index (χ0) is 11.4. The summed E-state index contributed by atoms with van der Waals surface area (Å²) in [7, 11) is 0. The van der Waals surface area contributed by atoms with Gasteiger partial charge in [0, 0.05) is 11.6 Å². The van der Waals surface area contributed by atoms with Crippen molar-refractivity contribution in [3.8, 4) is 0 Å². The number of benzene rings is 1. The Morgan fingerprint density at radius 2 is 1.75 bits per heavy atom. The molecule has 4 N–H and O–H groups in total. The van der Waals surface area contributed by atoms with E-state index >= 15 is 0 Å². The minimum Gasteiger partial charge on any atom is -0.330 e. The Morgan fingerprint density at radius 1 is 1.12 bits per heavy atom. The van der Waals surface area contributed by atoms with Crippen LogP contribution in [0.4, 0.5) is 13.2 Å². The summed E-state index contributed by atoms with van der Waals surface area (Å²) < 4.78 is 38.7. The van der Waals surface area contributed by atoms with E-state index < -0.39 is 23.5 Å². The van der Waals surface area contributed by atoms with Crippen molar-refractivity contribution in [1.82, 2.24) is 0 Å². The average molecular weight is 255 g/mol. The number of hydrogen-bond acceptors (Lipinski definition) is 2. The van der Waals surface area contributed by atoms with Gasteiger partial charge in [-0.05, 0) is 25.5 Å². The van der Waals surface area contributed by atoms with Gasteiger partial charge in [0.2, 0.25) is 0 Å². The van der Waals surface area contributed by atoms with Crippen LogP contribution in [0, 0.1) is 17.5 Å². The van der Waals surface area contributed by atoms with E-state index in [4.69, 9.17) is 11.5 Å². The summed E-state index contributed by atoms with van der Waals surface area (Å²) in [6.45, 7) is 0.430. The van der Waals surface area contributed by atoms with Crippen LogP contribution in [-0.2, 0) is 0 Å². The second kappa shape index (κ2) is 6.73. The predicted molar refractivity (Wildman–Crippen MR) is 58.8 cm³/mol. The van der Waals surface area contributed by atoms with Crippen molar-refractivity contribution in [2.75, 3.05) is 6.54 Å². The van der Waals surface area contributed by atoms with E-state index in [0.29, 0.717) is 19.4 Å². The SMILES string of the molecule is Cl.NCCC[C@H](N)c1ccc(F)c(F)c1F. The number of hydrogen-bond donors (Lipinski definition) is 2. The molecule has 0 bridgehead atoms. The summed E-state index contributed by atoms with van der Waals surface area (Å²) >= 11 is 0. The van der Waals surface area contributed by atoms with Gasteiger partial charge >= 0.3 is 0 Å². The van der Waals surface area contributed by atoms with Crippen molar-refractivity contribution in [2.24, 2.45) is 11.5 Å². The molecule has 0 saturated carbocycles. The van der Waals surface area contributed by atoms with Gasteiger partial charge < -0.3 is 11.5 Å². The third-order valence-electron chi connectivity index (χ3n) is 2.18. The Kier molecular flexibility index (Phi) is 6.40. The van der Waals surface area contributed by atoms with Crippen molar-refractivity contribution >= 4 is 12.4 Å². The summed E-state index contributed by atoms with van der Waals surface area (Å²) in [6.07, 6.45) is 1.05. The van der Waals surface area contributed by atoms with Crippen LogP contribution in [0.3, 0.4) is 0 Å². The number of rotatable bonds is 4. The van der Waals surface area contributed by atoms with Crippen LogP contribution in [0.1, 0.15) is 24.4 Å². The normalized spacial score (nSPS) is 12.1. The minimum atomic E-state index is -1.48. The van der Waals surface area contributed by atoms with E-state index in [2.05, 4.69) is 0 Å². The Hall–Kier alpha value is -0.780. The third-order valence-corrected chi connectivity index (χ3v) is 2.18. The van der Waals surface area contributed by atoms with E-state index in [1.165, 1.54) is 0 Å². The molecule has 0 spiro atoms. The molecule has 1 rings (SSSR count). The fourth-order valence-corrected chi connectivity index (χ4v) is 1.32. The standard InChI is InChI=1S/C10H13F3N2.ClH/c11-7-4-3-6(9(12)10(7)13)8(15)2-1-5-14;/h3-4,8H,1-2,5,14-15H2;1H/t8-;/m0./s1. The average Bonchev–Trinajstić information content (AvgIpc) is 2.23. The quantitative estimate of drug-likeness (QED) is 0.810. The second-order valence-electron chi connectivity index (χ2n) is 3.30. The van der Waals surface area contributed by atoms with Gasteiger partial charge in [0.25, 0.3) is 0 Å². The van der Waals surface area contributed by atoms with Crippen LogP contribution in [-0.4, -0.2) is 6.54 Å². The van der Waals surface area contributed by atoms with Crippen molar-refractivity contribution in [1.29, 1.82) is 0 Å². The molecule has 0 unspecified atom stereocenters. The smallest absolute Gasteiger partial charge is 0.194 e. The second-order valence-corrected chi connectivity index (χ2v) is 3.30. The molecule has 16 heavy (non-hydrogen) atoms. The molecule has 0 radical (unpaired) electrons. The number of nitrogens with two attached hydrogens (primary N) is 2. The molecule has 0 aromatic heterocycles. The Balaban J connectivity index is 0.00000225. The van der Waals surface area contributed by atoms with Gasteiger partial charge in [-0.25, -0.2) is 13.2 Å².